The number of carbonyl (C=O) groups excluding carboxylic acids is 1. The lowest BCUT2D eigenvalue weighted by Crippen LogP contribution is -2.40. The third-order valence-corrected chi connectivity index (χ3v) is 6.13. The van der Waals surface area contributed by atoms with Gasteiger partial charge in [0, 0.05) is 22.6 Å². The number of nitrogens with zero attached hydrogens (tertiary/aromatic N) is 1. The molecule has 3 rings (SSSR count). The highest BCUT2D eigenvalue weighted by molar-refractivity contribution is 9.10. The minimum atomic E-state index is 0.167. The van der Waals surface area contributed by atoms with Crippen LogP contribution in [0.1, 0.15) is 55.3 Å². The zero-order valence-electron chi connectivity index (χ0n) is 12.2. The van der Waals surface area contributed by atoms with Gasteiger partial charge < -0.3 is 4.90 Å². The van der Waals surface area contributed by atoms with Crippen LogP contribution in [0.4, 0.5) is 0 Å². The number of amides is 1. The molecule has 0 bridgehead atoms. The molecule has 1 amide bonds. The van der Waals surface area contributed by atoms with Crippen molar-refractivity contribution in [1.82, 2.24) is 4.90 Å². The molecule has 0 radical (unpaired) electrons. The minimum Gasteiger partial charge on any atom is -0.335 e. The Kier molecular flexibility index (Phi) is 4.90. The second-order valence-electron chi connectivity index (χ2n) is 6.24. The quantitative estimate of drug-likeness (QED) is 0.693. The van der Waals surface area contributed by atoms with Gasteiger partial charge in [-0.25, -0.2) is 0 Å². The first-order valence-corrected chi connectivity index (χ1v) is 9.10. The first kappa shape index (κ1) is 15.4. The highest BCUT2D eigenvalue weighted by atomic mass is 79.9. The molecule has 1 unspecified atom stereocenters. The topological polar surface area (TPSA) is 20.3 Å². The van der Waals surface area contributed by atoms with Gasteiger partial charge in [0.05, 0.1) is 5.02 Å². The maximum Gasteiger partial charge on any atom is 0.254 e. The second-order valence-corrected chi connectivity index (χ2v) is 7.50. The van der Waals surface area contributed by atoms with Gasteiger partial charge >= 0.3 is 0 Å². The minimum absolute atomic E-state index is 0.167. The predicted molar refractivity (Wildman–Crippen MR) is 89.8 cm³/mol. The number of carbonyl (C=O) groups is 1. The lowest BCUT2D eigenvalue weighted by atomic mass is 9.83. The largest absolute Gasteiger partial charge is 0.335 e. The average Bonchev–Trinajstić information content (AvgIpc) is 2.99. The summed E-state index contributed by atoms with van der Waals surface area (Å²) in [4.78, 5) is 14.9. The second kappa shape index (κ2) is 6.70. The molecule has 1 saturated carbocycles. The van der Waals surface area contributed by atoms with E-state index in [4.69, 9.17) is 11.6 Å². The molecule has 1 heterocycles. The maximum absolute atomic E-state index is 12.8. The molecule has 1 aromatic rings. The fourth-order valence-corrected chi connectivity index (χ4v) is 4.35. The molecule has 2 fully saturated rings. The van der Waals surface area contributed by atoms with Crippen LogP contribution >= 0.6 is 27.5 Å². The summed E-state index contributed by atoms with van der Waals surface area (Å²) in [5, 5.41) is 0.650. The monoisotopic (exact) mass is 369 g/mol. The fourth-order valence-electron chi connectivity index (χ4n) is 3.85. The zero-order chi connectivity index (χ0) is 14.8. The molecule has 114 valence electrons. The van der Waals surface area contributed by atoms with E-state index in [-0.39, 0.29) is 5.91 Å². The van der Waals surface area contributed by atoms with Crippen LogP contribution in [0.2, 0.25) is 5.02 Å². The molecule has 1 aliphatic heterocycles. The molecule has 2 nitrogen and oxygen atoms in total. The average molecular weight is 371 g/mol. The van der Waals surface area contributed by atoms with E-state index in [2.05, 4.69) is 20.8 Å². The van der Waals surface area contributed by atoms with E-state index < -0.39 is 0 Å². The van der Waals surface area contributed by atoms with Crippen LogP contribution in [0.5, 0.6) is 0 Å². The Bertz CT molecular complexity index is 528. The lowest BCUT2D eigenvalue weighted by molar-refractivity contribution is 0.0661. The van der Waals surface area contributed by atoms with Crippen molar-refractivity contribution >= 4 is 33.4 Å². The van der Waals surface area contributed by atoms with Crippen molar-refractivity contribution in [2.24, 2.45) is 5.92 Å². The Balaban J connectivity index is 1.77. The van der Waals surface area contributed by atoms with Gasteiger partial charge in [-0.15, -0.1) is 0 Å². The van der Waals surface area contributed by atoms with E-state index in [1.165, 1.54) is 38.5 Å². The summed E-state index contributed by atoms with van der Waals surface area (Å²) >= 11 is 9.44. The Morgan fingerprint density at radius 1 is 1.14 bits per heavy atom. The molecule has 0 spiro atoms. The van der Waals surface area contributed by atoms with E-state index in [1.807, 2.05) is 12.1 Å². The van der Waals surface area contributed by atoms with Crippen molar-refractivity contribution in [3.05, 3.63) is 33.3 Å². The van der Waals surface area contributed by atoms with Crippen LogP contribution in [0.3, 0.4) is 0 Å². The Morgan fingerprint density at radius 2 is 1.90 bits per heavy atom. The maximum atomic E-state index is 12.8. The molecule has 1 aromatic carbocycles. The van der Waals surface area contributed by atoms with Crippen LogP contribution in [-0.4, -0.2) is 23.4 Å². The molecule has 4 heteroatoms. The molecule has 1 aliphatic carbocycles. The smallest absolute Gasteiger partial charge is 0.254 e. The highest BCUT2D eigenvalue weighted by Crippen LogP contribution is 2.35. The van der Waals surface area contributed by atoms with E-state index in [0.29, 0.717) is 17.0 Å². The van der Waals surface area contributed by atoms with Crippen LogP contribution < -0.4 is 0 Å². The number of halogens is 2. The first-order valence-electron chi connectivity index (χ1n) is 7.93. The van der Waals surface area contributed by atoms with Gasteiger partial charge in [-0.1, -0.05) is 30.9 Å². The first-order chi connectivity index (χ1) is 10.2. The summed E-state index contributed by atoms with van der Waals surface area (Å²) in [6, 6.07) is 5.93. The van der Waals surface area contributed by atoms with Crippen LogP contribution in [-0.2, 0) is 0 Å². The number of hydrogen-bond acceptors (Lipinski definition) is 1. The normalized spacial score (nSPS) is 23.5. The number of benzene rings is 1. The molecule has 1 atom stereocenters. The van der Waals surface area contributed by atoms with Crippen molar-refractivity contribution in [3.8, 4) is 0 Å². The Morgan fingerprint density at radius 3 is 2.62 bits per heavy atom. The molecule has 21 heavy (non-hydrogen) atoms. The molecule has 0 aromatic heterocycles. The summed E-state index contributed by atoms with van der Waals surface area (Å²) < 4.78 is 0.795. The summed E-state index contributed by atoms with van der Waals surface area (Å²) in [6.07, 6.45) is 8.91. The van der Waals surface area contributed by atoms with Crippen molar-refractivity contribution in [3.63, 3.8) is 0 Å². The molecule has 1 saturated heterocycles. The van der Waals surface area contributed by atoms with Gasteiger partial charge in [0.1, 0.15) is 0 Å². The number of likely N-dealkylation sites (tertiary alicyclic amines) is 1. The Hall–Kier alpha value is -0.540. The highest BCUT2D eigenvalue weighted by Gasteiger charge is 2.35. The molecular weight excluding hydrogens is 350 g/mol. The van der Waals surface area contributed by atoms with Gasteiger partial charge in [0.15, 0.2) is 0 Å². The third-order valence-electron chi connectivity index (χ3n) is 4.92. The third kappa shape index (κ3) is 3.29. The SMILES string of the molecule is O=C(c1ccc(Cl)c(Br)c1)N1CCCC1C1CCCCC1. The zero-order valence-corrected chi connectivity index (χ0v) is 14.5. The van der Waals surface area contributed by atoms with Gasteiger partial charge in [-0.05, 0) is 65.7 Å². The van der Waals surface area contributed by atoms with Gasteiger partial charge in [-0.2, -0.15) is 0 Å². The fraction of sp³-hybridized carbons (Fsp3) is 0.588. The van der Waals surface area contributed by atoms with Gasteiger partial charge in [0.25, 0.3) is 5.91 Å². The predicted octanol–water partition coefficient (Wildman–Crippen LogP) is 5.29. The van der Waals surface area contributed by atoms with Crippen molar-refractivity contribution < 1.29 is 4.79 Å². The molecule has 0 N–H and O–H groups in total. The van der Waals surface area contributed by atoms with Crippen molar-refractivity contribution in [1.29, 1.82) is 0 Å². The summed E-state index contributed by atoms with van der Waals surface area (Å²) in [6.45, 7) is 0.903. The Labute approximate surface area is 140 Å². The van der Waals surface area contributed by atoms with Gasteiger partial charge in [-0.3, -0.25) is 4.79 Å². The van der Waals surface area contributed by atoms with E-state index in [9.17, 15) is 4.79 Å². The van der Waals surface area contributed by atoms with Crippen LogP contribution in [0, 0.1) is 5.92 Å². The van der Waals surface area contributed by atoms with E-state index in [1.54, 1.807) is 6.07 Å². The van der Waals surface area contributed by atoms with Crippen LogP contribution in [0.25, 0.3) is 0 Å². The van der Waals surface area contributed by atoms with E-state index >= 15 is 0 Å². The lowest BCUT2D eigenvalue weighted by Gasteiger charge is -2.34. The molecule has 2 aliphatic rings. The van der Waals surface area contributed by atoms with Gasteiger partial charge in [0.2, 0.25) is 0 Å². The van der Waals surface area contributed by atoms with E-state index in [0.717, 1.165) is 23.0 Å². The van der Waals surface area contributed by atoms with Crippen LogP contribution in [0.15, 0.2) is 22.7 Å². The van der Waals surface area contributed by atoms with Crippen molar-refractivity contribution in [2.45, 2.75) is 51.0 Å². The summed E-state index contributed by atoms with van der Waals surface area (Å²) in [5.74, 6) is 0.876. The molecular formula is C17H21BrClNO. The summed E-state index contributed by atoms with van der Waals surface area (Å²) in [5.41, 5.74) is 0.744. The standard InChI is InChI=1S/C17H21BrClNO/c18-14-11-13(8-9-15(14)19)17(21)20-10-4-7-16(20)12-5-2-1-3-6-12/h8-9,11-12,16H,1-7,10H2. The van der Waals surface area contributed by atoms with Crippen molar-refractivity contribution in [2.75, 3.05) is 6.54 Å². The summed E-state index contributed by atoms with van der Waals surface area (Å²) in [7, 11) is 0. The number of hydrogen-bond donors (Lipinski definition) is 0. The number of rotatable bonds is 2.